The van der Waals surface area contributed by atoms with Gasteiger partial charge in [-0.25, -0.2) is 4.98 Å². The fourth-order valence-electron chi connectivity index (χ4n) is 6.23. The van der Waals surface area contributed by atoms with Crippen LogP contribution in [0.15, 0.2) is 94.0 Å². The number of aromatic nitrogens is 3. The van der Waals surface area contributed by atoms with Gasteiger partial charge in [0.25, 0.3) is 0 Å². The minimum atomic E-state index is -2.61. The van der Waals surface area contributed by atoms with Crippen LogP contribution in [0.25, 0.3) is 66.3 Å². The first-order chi connectivity index (χ1) is 28.2. The van der Waals surface area contributed by atoms with Crippen molar-refractivity contribution in [2.24, 2.45) is 5.41 Å². The molecule has 0 atom stereocenters. The molecule has 1 radical (unpaired) electrons. The van der Waals surface area contributed by atoms with Gasteiger partial charge >= 0.3 is 0 Å². The summed E-state index contributed by atoms with van der Waals surface area (Å²) in [7, 11) is 0. The van der Waals surface area contributed by atoms with Crippen LogP contribution in [0.1, 0.15) is 101 Å². The number of hydrogen-bond acceptors (Lipinski definition) is 5. The molecule has 0 amide bonds. The predicted molar refractivity (Wildman–Crippen MR) is 219 cm³/mol. The smallest absolute Gasteiger partial charge is 0.200 e. The Morgan fingerprint density at radius 3 is 2.24 bits per heavy atom. The van der Waals surface area contributed by atoms with E-state index in [0.717, 1.165) is 22.0 Å². The second-order valence-electron chi connectivity index (χ2n) is 16.6. The van der Waals surface area contributed by atoms with Crippen LogP contribution in [0.4, 0.5) is 0 Å². The molecule has 54 heavy (non-hydrogen) atoms. The number of pyridine rings is 2. The molecule has 0 unspecified atom stereocenters. The van der Waals surface area contributed by atoms with Crippen molar-refractivity contribution in [2.75, 3.05) is 0 Å². The topological polar surface area (TPSA) is 65.0 Å². The Bertz CT molecular complexity index is 2930. The summed E-state index contributed by atoms with van der Waals surface area (Å²) in [4.78, 5) is 13.5. The van der Waals surface area contributed by atoms with Gasteiger partial charge in [0.1, 0.15) is 11.1 Å². The molecule has 0 saturated carbocycles. The SMILES string of the molecule is CC(C)(C)c1ccnc(-c2[c-]cccc2)c1.[2H]C([2H])([2H])c1cnc(-c2[c-]cc(C([2H])([2H])[2H])c3c2oc2cc4c(ccc5nc(C(C)(C)C)oc54)cc23)cc1C([2H])([2H])C(C)(C)C.[Ir]. The molecule has 8 aromatic rings. The van der Waals surface area contributed by atoms with Gasteiger partial charge < -0.3 is 18.8 Å². The summed E-state index contributed by atoms with van der Waals surface area (Å²) in [5.74, 6) is 0.591. The number of rotatable bonds is 3. The third-order valence-electron chi connectivity index (χ3n) is 8.96. The van der Waals surface area contributed by atoms with Crippen LogP contribution in [0.2, 0.25) is 0 Å². The van der Waals surface area contributed by atoms with Gasteiger partial charge in [0.05, 0.1) is 5.58 Å². The normalized spacial score (nSPS) is 15.2. The number of oxazole rings is 1. The maximum Gasteiger partial charge on any atom is 0.200 e. The Kier molecular flexibility index (Phi) is 7.99. The van der Waals surface area contributed by atoms with Crippen molar-refractivity contribution in [3.63, 3.8) is 0 Å². The minimum absolute atomic E-state index is 0. The molecule has 0 saturated heterocycles. The van der Waals surface area contributed by atoms with Crippen molar-refractivity contribution in [1.82, 2.24) is 15.0 Å². The van der Waals surface area contributed by atoms with E-state index in [0.29, 0.717) is 38.9 Å². The van der Waals surface area contributed by atoms with E-state index in [1.165, 1.54) is 23.9 Å². The number of hydrogen-bond donors (Lipinski definition) is 0. The van der Waals surface area contributed by atoms with Crippen LogP contribution in [0.5, 0.6) is 0 Å². The Balaban J connectivity index is 0.000000317. The Labute approximate surface area is 344 Å². The van der Waals surface area contributed by atoms with Crippen LogP contribution in [0, 0.1) is 31.3 Å². The van der Waals surface area contributed by atoms with Crippen molar-refractivity contribution in [3.8, 4) is 22.5 Å². The second kappa shape index (κ2) is 14.5. The summed E-state index contributed by atoms with van der Waals surface area (Å²) in [6.07, 6.45) is 0.992. The van der Waals surface area contributed by atoms with Crippen molar-refractivity contribution in [3.05, 3.63) is 125 Å². The monoisotopic (exact) mass is 900 g/mol. The van der Waals surface area contributed by atoms with Crippen molar-refractivity contribution in [2.45, 2.75) is 93.2 Å². The van der Waals surface area contributed by atoms with Crippen LogP contribution >= 0.6 is 0 Å². The van der Waals surface area contributed by atoms with Crippen LogP contribution in [0.3, 0.4) is 0 Å². The zero-order chi connectivity index (χ0) is 44.7. The zero-order valence-corrected chi connectivity index (χ0v) is 34.5. The first-order valence-electron chi connectivity index (χ1n) is 21.8. The van der Waals surface area contributed by atoms with Gasteiger partial charge in [0.2, 0.25) is 5.89 Å². The number of nitrogens with zero attached hydrogens (tertiary/aromatic N) is 3. The molecule has 5 nitrogen and oxygen atoms in total. The molecule has 8 rings (SSSR count). The number of aryl methyl sites for hydroxylation is 2. The van der Waals surface area contributed by atoms with Gasteiger partial charge in [0, 0.05) is 59.7 Å². The molecular formula is C48H49IrN3O2-2. The van der Waals surface area contributed by atoms with Gasteiger partial charge in [-0.15, -0.1) is 53.6 Å². The fraction of sp³-hybridized carbons (Fsp3) is 0.312. The van der Waals surface area contributed by atoms with Crippen LogP contribution in [-0.4, -0.2) is 15.0 Å². The third-order valence-corrected chi connectivity index (χ3v) is 8.96. The maximum atomic E-state index is 8.92. The summed E-state index contributed by atoms with van der Waals surface area (Å²) in [5, 5.41) is 2.48. The van der Waals surface area contributed by atoms with Gasteiger partial charge in [0.15, 0.2) is 5.58 Å². The van der Waals surface area contributed by atoms with Gasteiger partial charge in [-0.2, -0.15) is 0 Å². The van der Waals surface area contributed by atoms with Crippen molar-refractivity contribution >= 4 is 43.8 Å². The molecule has 0 aliphatic rings. The number of fused-ring (bicyclic) bond motifs is 6. The van der Waals surface area contributed by atoms with Gasteiger partial charge in [-0.3, -0.25) is 0 Å². The summed E-state index contributed by atoms with van der Waals surface area (Å²) >= 11 is 0. The third kappa shape index (κ3) is 7.92. The molecule has 6 heteroatoms. The molecule has 279 valence electrons. The first-order valence-corrected chi connectivity index (χ1v) is 17.8. The van der Waals surface area contributed by atoms with Gasteiger partial charge in [-0.05, 0) is 76.2 Å². The van der Waals surface area contributed by atoms with E-state index in [2.05, 4.69) is 60.0 Å². The average Bonchev–Trinajstić information content (AvgIpc) is 3.78. The number of benzene rings is 4. The van der Waals surface area contributed by atoms with Gasteiger partial charge in [-0.1, -0.05) is 104 Å². The molecule has 0 N–H and O–H groups in total. The zero-order valence-electron chi connectivity index (χ0n) is 40.1. The molecule has 4 aromatic carbocycles. The molecule has 0 bridgehead atoms. The van der Waals surface area contributed by atoms with E-state index < -0.39 is 25.5 Å². The predicted octanol–water partition coefficient (Wildman–Crippen LogP) is 13.1. The Hall–Kier alpha value is -4.64. The van der Waals surface area contributed by atoms with E-state index in [1.807, 2.05) is 75.5 Å². The van der Waals surface area contributed by atoms with Crippen molar-refractivity contribution in [1.29, 1.82) is 0 Å². The fourth-order valence-corrected chi connectivity index (χ4v) is 6.23. The minimum Gasteiger partial charge on any atom is -0.501 e. The number of furan rings is 1. The van der Waals surface area contributed by atoms with Crippen LogP contribution < -0.4 is 0 Å². The van der Waals surface area contributed by atoms with Crippen molar-refractivity contribution < 1.29 is 39.9 Å². The molecule has 0 aliphatic carbocycles. The van der Waals surface area contributed by atoms with E-state index in [4.69, 9.17) is 19.8 Å². The molecule has 0 aliphatic heterocycles. The molecule has 4 heterocycles. The van der Waals surface area contributed by atoms with E-state index >= 15 is 0 Å². The Morgan fingerprint density at radius 1 is 0.759 bits per heavy atom. The van der Waals surface area contributed by atoms with E-state index in [9.17, 15) is 0 Å². The molecule has 4 aromatic heterocycles. The summed E-state index contributed by atoms with van der Waals surface area (Å²) in [5.41, 5.74) is 4.48. The molecular weight excluding hydrogens is 843 g/mol. The summed E-state index contributed by atoms with van der Waals surface area (Å²) < 4.78 is 79.5. The van der Waals surface area contributed by atoms with Crippen LogP contribution in [-0.2, 0) is 37.3 Å². The summed E-state index contributed by atoms with van der Waals surface area (Å²) in [6, 6.07) is 28.6. The molecule has 0 fully saturated rings. The van der Waals surface area contributed by atoms with E-state index in [-0.39, 0.29) is 58.9 Å². The largest absolute Gasteiger partial charge is 0.501 e. The maximum absolute atomic E-state index is 8.92. The first kappa shape index (κ1) is 29.7. The Morgan fingerprint density at radius 2 is 1.56 bits per heavy atom. The average molecular weight is 900 g/mol. The standard InChI is InChI=1S/C33H33N2O2.C15H16N.Ir/c1-18-9-11-22(26-14-21(16-32(3,4)5)19(2)17-34-26)30-28(18)24-13-20-10-12-25-29(23(20)15-27(24)36-30)37-31(35-25)33(6,7)8;1-15(2,3)13-9-10-16-14(11-13)12-7-5-4-6-8-12;/h9-10,12-15,17H,16H2,1-8H3;4-7,9-11H,1-3H3;/q2*-1;/i1D3,2D3,16D2;;. The van der Waals surface area contributed by atoms with E-state index in [1.54, 1.807) is 20.8 Å². The summed E-state index contributed by atoms with van der Waals surface area (Å²) in [6.45, 7) is 12.7. The second-order valence-corrected chi connectivity index (χ2v) is 16.6. The quantitative estimate of drug-likeness (QED) is 0.165. The molecule has 0 spiro atoms.